The number of benzene rings is 1. The van der Waals surface area contributed by atoms with Gasteiger partial charge in [0.15, 0.2) is 0 Å². The number of nitrogens with zero attached hydrogens (tertiary/aromatic N) is 4. The van der Waals surface area contributed by atoms with Gasteiger partial charge in [-0.25, -0.2) is 9.78 Å². The van der Waals surface area contributed by atoms with E-state index in [2.05, 4.69) is 4.98 Å². The number of fused-ring (bicyclic) bond motifs is 1. The van der Waals surface area contributed by atoms with Gasteiger partial charge in [0.05, 0.1) is 43.1 Å². The fraction of sp³-hybridized carbons (Fsp3) is 0.350. The maximum atomic E-state index is 11.8. The van der Waals surface area contributed by atoms with Crippen molar-refractivity contribution in [3.63, 3.8) is 0 Å². The Morgan fingerprint density at radius 1 is 1.26 bits per heavy atom. The number of pyridine rings is 1. The van der Waals surface area contributed by atoms with Crippen LogP contribution in [0.15, 0.2) is 24.4 Å². The minimum Gasteiger partial charge on any atom is -0.496 e. The number of imidazole rings is 1. The van der Waals surface area contributed by atoms with Gasteiger partial charge in [-0.05, 0) is 32.0 Å². The van der Waals surface area contributed by atoms with Crippen molar-refractivity contribution in [2.75, 3.05) is 26.2 Å². The number of rotatable bonds is 5. The monoisotopic (exact) mass is 368 g/mol. The molecule has 1 aromatic carbocycles. The summed E-state index contributed by atoms with van der Waals surface area (Å²) in [6, 6.07) is 5.37. The second-order valence-electron chi connectivity index (χ2n) is 6.57. The standard InChI is InChI=1S/C20H24N4O3/c1-12-10-21-16(13(2)18(12)26-5)11-23(3)20-22-15-9-14(19(25)27-6)7-8-17(15)24(20)4/h7-10H,11H2,1-6H3. The highest BCUT2D eigenvalue weighted by atomic mass is 16.5. The number of methoxy groups -OCH3 is 2. The summed E-state index contributed by atoms with van der Waals surface area (Å²) in [6.07, 6.45) is 1.83. The van der Waals surface area contributed by atoms with E-state index in [9.17, 15) is 4.79 Å². The Hall–Kier alpha value is -3.09. The van der Waals surface area contributed by atoms with Crippen LogP contribution in [0.2, 0.25) is 0 Å². The lowest BCUT2D eigenvalue weighted by molar-refractivity contribution is 0.0601. The van der Waals surface area contributed by atoms with Gasteiger partial charge < -0.3 is 18.9 Å². The molecule has 0 unspecified atom stereocenters. The molecule has 0 amide bonds. The molecule has 0 aliphatic carbocycles. The number of aryl methyl sites for hydroxylation is 2. The number of carbonyl (C=O) groups is 1. The Balaban J connectivity index is 1.95. The summed E-state index contributed by atoms with van der Waals surface area (Å²) in [4.78, 5) is 23.1. The predicted molar refractivity (Wildman–Crippen MR) is 104 cm³/mol. The summed E-state index contributed by atoms with van der Waals surface area (Å²) in [6.45, 7) is 4.58. The number of ether oxygens (including phenoxy) is 2. The third-order valence-electron chi connectivity index (χ3n) is 4.76. The van der Waals surface area contributed by atoms with E-state index in [1.807, 2.05) is 49.7 Å². The van der Waals surface area contributed by atoms with Gasteiger partial charge in [-0.2, -0.15) is 0 Å². The molecule has 0 fully saturated rings. The first kappa shape index (κ1) is 18.7. The molecule has 0 atom stereocenters. The van der Waals surface area contributed by atoms with Crippen LogP contribution in [0, 0.1) is 13.8 Å². The third kappa shape index (κ3) is 3.32. The van der Waals surface area contributed by atoms with Crippen molar-refractivity contribution in [3.05, 3.63) is 46.8 Å². The molecular weight excluding hydrogens is 344 g/mol. The zero-order valence-corrected chi connectivity index (χ0v) is 16.5. The molecule has 0 aliphatic heterocycles. The highest BCUT2D eigenvalue weighted by Gasteiger charge is 2.17. The van der Waals surface area contributed by atoms with Crippen molar-refractivity contribution in [2.45, 2.75) is 20.4 Å². The van der Waals surface area contributed by atoms with Crippen LogP contribution in [0.5, 0.6) is 5.75 Å². The van der Waals surface area contributed by atoms with E-state index < -0.39 is 0 Å². The van der Waals surface area contributed by atoms with Crippen molar-refractivity contribution in [1.29, 1.82) is 0 Å². The van der Waals surface area contributed by atoms with Crippen LogP contribution in [0.1, 0.15) is 27.2 Å². The Bertz CT molecular complexity index is 1010. The third-order valence-corrected chi connectivity index (χ3v) is 4.76. The molecule has 0 saturated heterocycles. The fourth-order valence-electron chi connectivity index (χ4n) is 3.30. The molecule has 0 radical (unpaired) electrons. The maximum absolute atomic E-state index is 11.8. The van der Waals surface area contributed by atoms with Crippen LogP contribution in [-0.4, -0.2) is 41.8 Å². The zero-order valence-electron chi connectivity index (χ0n) is 16.5. The largest absolute Gasteiger partial charge is 0.496 e. The van der Waals surface area contributed by atoms with Crippen LogP contribution in [0.25, 0.3) is 11.0 Å². The van der Waals surface area contributed by atoms with Crippen LogP contribution in [-0.2, 0) is 18.3 Å². The van der Waals surface area contributed by atoms with E-state index in [0.717, 1.165) is 39.6 Å². The Kier molecular flexibility index (Phi) is 5.03. The highest BCUT2D eigenvalue weighted by Crippen LogP contribution is 2.27. The Morgan fingerprint density at radius 2 is 2.00 bits per heavy atom. The van der Waals surface area contributed by atoms with Crippen LogP contribution >= 0.6 is 0 Å². The second-order valence-corrected chi connectivity index (χ2v) is 6.57. The first-order chi connectivity index (χ1) is 12.9. The van der Waals surface area contributed by atoms with E-state index in [1.165, 1.54) is 7.11 Å². The lowest BCUT2D eigenvalue weighted by atomic mass is 10.1. The Morgan fingerprint density at radius 3 is 2.67 bits per heavy atom. The van der Waals surface area contributed by atoms with Crippen molar-refractivity contribution < 1.29 is 14.3 Å². The van der Waals surface area contributed by atoms with Crippen molar-refractivity contribution in [3.8, 4) is 5.75 Å². The first-order valence-electron chi connectivity index (χ1n) is 8.62. The number of anilines is 1. The number of hydrogen-bond acceptors (Lipinski definition) is 6. The van der Waals surface area contributed by atoms with E-state index in [1.54, 1.807) is 19.2 Å². The normalized spacial score (nSPS) is 10.9. The smallest absolute Gasteiger partial charge is 0.337 e. The van der Waals surface area contributed by atoms with Crippen LogP contribution in [0.3, 0.4) is 0 Å². The van der Waals surface area contributed by atoms with E-state index in [0.29, 0.717) is 12.1 Å². The molecule has 0 bridgehead atoms. The van der Waals surface area contributed by atoms with Gasteiger partial charge >= 0.3 is 5.97 Å². The van der Waals surface area contributed by atoms with Gasteiger partial charge in [0.1, 0.15) is 5.75 Å². The highest BCUT2D eigenvalue weighted by molar-refractivity contribution is 5.94. The summed E-state index contributed by atoms with van der Waals surface area (Å²) < 4.78 is 12.3. The molecular formula is C20H24N4O3. The topological polar surface area (TPSA) is 69.5 Å². The summed E-state index contributed by atoms with van der Waals surface area (Å²) in [5.74, 6) is 1.28. The van der Waals surface area contributed by atoms with Crippen molar-refractivity contribution in [1.82, 2.24) is 14.5 Å². The summed E-state index contributed by atoms with van der Waals surface area (Å²) in [7, 11) is 6.97. The molecule has 142 valence electrons. The van der Waals surface area contributed by atoms with E-state index in [-0.39, 0.29) is 5.97 Å². The second kappa shape index (κ2) is 7.26. The van der Waals surface area contributed by atoms with Crippen LogP contribution in [0.4, 0.5) is 5.95 Å². The summed E-state index contributed by atoms with van der Waals surface area (Å²) >= 11 is 0. The summed E-state index contributed by atoms with van der Waals surface area (Å²) in [5, 5.41) is 0. The fourth-order valence-corrected chi connectivity index (χ4v) is 3.30. The van der Waals surface area contributed by atoms with Gasteiger partial charge in [0, 0.05) is 31.4 Å². The van der Waals surface area contributed by atoms with Crippen molar-refractivity contribution >= 4 is 23.0 Å². The zero-order chi connectivity index (χ0) is 19.7. The van der Waals surface area contributed by atoms with Gasteiger partial charge in [-0.3, -0.25) is 4.98 Å². The van der Waals surface area contributed by atoms with E-state index in [4.69, 9.17) is 14.5 Å². The molecule has 7 nitrogen and oxygen atoms in total. The van der Waals surface area contributed by atoms with Crippen molar-refractivity contribution in [2.24, 2.45) is 7.05 Å². The van der Waals surface area contributed by atoms with Gasteiger partial charge in [-0.1, -0.05) is 0 Å². The van der Waals surface area contributed by atoms with Gasteiger partial charge in [0.2, 0.25) is 5.95 Å². The molecule has 0 aliphatic rings. The minimum absolute atomic E-state index is 0.371. The molecule has 7 heteroatoms. The number of hydrogen-bond donors (Lipinski definition) is 0. The van der Waals surface area contributed by atoms with E-state index >= 15 is 0 Å². The molecule has 2 aromatic heterocycles. The number of carbonyl (C=O) groups excluding carboxylic acids is 1. The molecule has 0 N–H and O–H groups in total. The molecule has 3 rings (SSSR count). The summed E-state index contributed by atoms with van der Waals surface area (Å²) in [5.41, 5.74) is 5.14. The number of aromatic nitrogens is 3. The van der Waals surface area contributed by atoms with Gasteiger partial charge in [-0.15, -0.1) is 0 Å². The molecule has 3 aromatic rings. The Labute approximate surface area is 158 Å². The number of esters is 1. The molecule has 2 heterocycles. The predicted octanol–water partition coefficient (Wildman–Crippen LogP) is 3.02. The average Bonchev–Trinajstić information content (AvgIpc) is 3.00. The van der Waals surface area contributed by atoms with Crippen LogP contribution < -0.4 is 9.64 Å². The average molecular weight is 368 g/mol. The molecule has 0 spiro atoms. The van der Waals surface area contributed by atoms with Gasteiger partial charge in [0.25, 0.3) is 0 Å². The SMILES string of the molecule is COC(=O)c1ccc2c(c1)nc(N(C)Cc1ncc(C)c(OC)c1C)n2C. The minimum atomic E-state index is -0.371. The lowest BCUT2D eigenvalue weighted by Crippen LogP contribution is -2.21. The maximum Gasteiger partial charge on any atom is 0.337 e. The quantitative estimate of drug-likeness (QED) is 0.645. The first-order valence-corrected chi connectivity index (χ1v) is 8.62. The lowest BCUT2D eigenvalue weighted by Gasteiger charge is -2.20. The molecule has 27 heavy (non-hydrogen) atoms. The molecule has 0 saturated carbocycles.